The molecule has 1 aromatic rings. The number of carboxylic acid groups (broad SMARTS) is 1. The van der Waals surface area contributed by atoms with Crippen LogP contribution in [-0.2, 0) is 14.4 Å². The van der Waals surface area contributed by atoms with Gasteiger partial charge in [0.05, 0.1) is 0 Å². The molecule has 6 nitrogen and oxygen atoms in total. The van der Waals surface area contributed by atoms with Crippen molar-refractivity contribution in [3.05, 3.63) is 40.9 Å². The quantitative estimate of drug-likeness (QED) is 0.807. The lowest BCUT2D eigenvalue weighted by Gasteiger charge is -2.31. The smallest absolute Gasteiger partial charge is 0.328 e. The molecule has 0 aliphatic carbocycles. The number of hydrogen-bond acceptors (Lipinski definition) is 3. The summed E-state index contributed by atoms with van der Waals surface area (Å²) in [5, 5.41) is 12.0. The summed E-state index contributed by atoms with van der Waals surface area (Å²) >= 11 is 5.96. The number of piperazine rings is 1. The summed E-state index contributed by atoms with van der Waals surface area (Å²) in [5.41, 5.74) is 0.640. The third-order valence-corrected chi connectivity index (χ3v) is 3.41. The third-order valence-electron chi connectivity index (χ3n) is 3.06. The van der Waals surface area contributed by atoms with E-state index in [0.717, 1.165) is 4.90 Å². The Morgan fingerprint density at radius 2 is 2.10 bits per heavy atom. The zero-order valence-corrected chi connectivity index (χ0v) is 11.7. The molecule has 2 rings (SSSR count). The summed E-state index contributed by atoms with van der Waals surface area (Å²) in [4.78, 5) is 35.6. The third kappa shape index (κ3) is 3.61. The van der Waals surface area contributed by atoms with Crippen molar-refractivity contribution in [2.45, 2.75) is 6.04 Å². The van der Waals surface area contributed by atoms with Crippen LogP contribution in [0.3, 0.4) is 0 Å². The van der Waals surface area contributed by atoms with Gasteiger partial charge in [0.25, 0.3) is 0 Å². The van der Waals surface area contributed by atoms with Gasteiger partial charge in [0.2, 0.25) is 11.8 Å². The van der Waals surface area contributed by atoms with Gasteiger partial charge < -0.3 is 15.3 Å². The van der Waals surface area contributed by atoms with Crippen LogP contribution in [0.5, 0.6) is 0 Å². The summed E-state index contributed by atoms with van der Waals surface area (Å²) in [6, 6.07) is 5.87. The average molecular weight is 309 g/mol. The van der Waals surface area contributed by atoms with Crippen LogP contribution >= 0.6 is 11.6 Å². The zero-order valence-electron chi connectivity index (χ0n) is 11.0. The van der Waals surface area contributed by atoms with E-state index in [0.29, 0.717) is 10.6 Å². The van der Waals surface area contributed by atoms with E-state index >= 15 is 0 Å². The topological polar surface area (TPSA) is 86.7 Å². The zero-order chi connectivity index (χ0) is 15.4. The maximum Gasteiger partial charge on any atom is 0.328 e. The molecular weight excluding hydrogens is 296 g/mol. The lowest BCUT2D eigenvalue weighted by atomic mass is 10.1. The largest absolute Gasteiger partial charge is 0.480 e. The SMILES string of the molecule is O=C1CN(C(=O)/C=C/c2ccccc2Cl)C(C(=O)O)CN1. The molecule has 1 unspecified atom stereocenters. The molecule has 1 aliphatic heterocycles. The van der Waals surface area contributed by atoms with Gasteiger partial charge in [-0.25, -0.2) is 4.79 Å². The van der Waals surface area contributed by atoms with Gasteiger partial charge >= 0.3 is 5.97 Å². The van der Waals surface area contributed by atoms with Crippen LogP contribution in [0.4, 0.5) is 0 Å². The standard InChI is InChI=1S/C14H13ClN2O4/c15-10-4-2-1-3-9(10)5-6-13(19)17-8-12(18)16-7-11(17)14(20)21/h1-6,11H,7-8H2,(H,16,18)(H,20,21)/b6-5+. The van der Waals surface area contributed by atoms with Gasteiger partial charge in [-0.1, -0.05) is 29.8 Å². The highest BCUT2D eigenvalue weighted by atomic mass is 35.5. The van der Waals surface area contributed by atoms with Gasteiger partial charge in [0.1, 0.15) is 12.6 Å². The molecule has 0 aromatic heterocycles. The second-order valence-electron chi connectivity index (χ2n) is 4.48. The van der Waals surface area contributed by atoms with E-state index in [1.807, 2.05) is 0 Å². The number of rotatable bonds is 3. The molecule has 0 spiro atoms. The van der Waals surface area contributed by atoms with E-state index in [1.54, 1.807) is 24.3 Å². The van der Waals surface area contributed by atoms with E-state index in [2.05, 4.69) is 5.32 Å². The molecule has 1 fully saturated rings. The highest BCUT2D eigenvalue weighted by Gasteiger charge is 2.34. The molecule has 2 amide bonds. The molecule has 1 heterocycles. The molecule has 21 heavy (non-hydrogen) atoms. The van der Waals surface area contributed by atoms with Gasteiger partial charge in [-0.15, -0.1) is 0 Å². The highest BCUT2D eigenvalue weighted by molar-refractivity contribution is 6.32. The Labute approximate surface area is 126 Å². The van der Waals surface area contributed by atoms with Crippen LogP contribution in [0, 0.1) is 0 Å². The summed E-state index contributed by atoms with van der Waals surface area (Å²) in [7, 11) is 0. The van der Waals surface area contributed by atoms with Crippen LogP contribution in [0.15, 0.2) is 30.3 Å². The fourth-order valence-corrected chi connectivity index (χ4v) is 2.16. The van der Waals surface area contributed by atoms with E-state index in [-0.39, 0.29) is 19.0 Å². The summed E-state index contributed by atoms with van der Waals surface area (Å²) in [5.74, 6) is -2.08. The molecule has 0 bridgehead atoms. The van der Waals surface area contributed by atoms with Crippen LogP contribution in [0.2, 0.25) is 5.02 Å². The number of carbonyl (C=O) groups is 3. The molecule has 7 heteroatoms. The first-order valence-corrected chi connectivity index (χ1v) is 6.59. The van der Waals surface area contributed by atoms with Crippen LogP contribution in [-0.4, -0.2) is 46.9 Å². The van der Waals surface area contributed by atoms with Gasteiger partial charge in [0.15, 0.2) is 0 Å². The Morgan fingerprint density at radius 3 is 2.76 bits per heavy atom. The number of aliphatic carboxylic acids is 1. The van der Waals surface area contributed by atoms with Crippen molar-refractivity contribution in [3.63, 3.8) is 0 Å². The fraction of sp³-hybridized carbons (Fsp3) is 0.214. The maximum atomic E-state index is 12.1. The van der Waals surface area contributed by atoms with Crippen molar-refractivity contribution in [1.29, 1.82) is 0 Å². The molecule has 0 saturated carbocycles. The van der Waals surface area contributed by atoms with Crippen molar-refractivity contribution in [2.24, 2.45) is 0 Å². The van der Waals surface area contributed by atoms with Crippen molar-refractivity contribution >= 4 is 35.5 Å². The number of amides is 2. The molecule has 1 atom stereocenters. The predicted molar refractivity (Wildman–Crippen MR) is 76.6 cm³/mol. The van der Waals surface area contributed by atoms with Crippen molar-refractivity contribution < 1.29 is 19.5 Å². The first-order valence-electron chi connectivity index (χ1n) is 6.22. The fourth-order valence-electron chi connectivity index (χ4n) is 1.96. The number of carbonyl (C=O) groups excluding carboxylic acids is 2. The lowest BCUT2D eigenvalue weighted by Crippen LogP contribution is -2.59. The molecule has 1 aromatic carbocycles. The summed E-state index contributed by atoms with van der Waals surface area (Å²) in [6.45, 7) is -0.373. The van der Waals surface area contributed by atoms with Crippen molar-refractivity contribution in [2.75, 3.05) is 13.1 Å². The first kappa shape index (κ1) is 15.1. The van der Waals surface area contributed by atoms with Crippen LogP contribution in [0.1, 0.15) is 5.56 Å². The van der Waals surface area contributed by atoms with Crippen LogP contribution < -0.4 is 5.32 Å². The molecule has 1 saturated heterocycles. The van der Waals surface area contributed by atoms with Gasteiger partial charge in [0, 0.05) is 17.6 Å². The number of halogens is 1. The molecular formula is C14H13ClN2O4. The van der Waals surface area contributed by atoms with E-state index in [9.17, 15) is 14.4 Å². The minimum absolute atomic E-state index is 0.0974. The van der Waals surface area contributed by atoms with Gasteiger partial charge in [-0.3, -0.25) is 9.59 Å². The van der Waals surface area contributed by atoms with Crippen LogP contribution in [0.25, 0.3) is 6.08 Å². The average Bonchev–Trinajstić information content (AvgIpc) is 2.45. The summed E-state index contributed by atoms with van der Waals surface area (Å²) in [6.07, 6.45) is 2.71. The minimum Gasteiger partial charge on any atom is -0.480 e. The monoisotopic (exact) mass is 308 g/mol. The lowest BCUT2D eigenvalue weighted by molar-refractivity contribution is -0.152. The number of nitrogens with zero attached hydrogens (tertiary/aromatic N) is 1. The Morgan fingerprint density at radius 1 is 1.38 bits per heavy atom. The van der Waals surface area contributed by atoms with Gasteiger partial charge in [-0.05, 0) is 17.7 Å². The maximum absolute atomic E-state index is 12.1. The second-order valence-corrected chi connectivity index (χ2v) is 4.89. The Hall–Kier alpha value is -2.34. The molecule has 2 N–H and O–H groups in total. The van der Waals surface area contributed by atoms with E-state index < -0.39 is 17.9 Å². The Kier molecular flexibility index (Phi) is 4.59. The molecule has 0 radical (unpaired) electrons. The summed E-state index contributed by atoms with van der Waals surface area (Å²) < 4.78 is 0. The van der Waals surface area contributed by atoms with E-state index in [1.165, 1.54) is 12.2 Å². The first-order chi connectivity index (χ1) is 9.99. The Bertz CT molecular complexity index is 615. The molecule has 1 aliphatic rings. The normalized spacial score (nSPS) is 18.6. The molecule has 110 valence electrons. The van der Waals surface area contributed by atoms with Crippen molar-refractivity contribution in [3.8, 4) is 0 Å². The van der Waals surface area contributed by atoms with E-state index in [4.69, 9.17) is 16.7 Å². The van der Waals surface area contributed by atoms with Crippen molar-refractivity contribution in [1.82, 2.24) is 10.2 Å². The predicted octanol–water partition coefficient (Wildman–Crippen LogP) is 0.765. The van der Waals surface area contributed by atoms with Gasteiger partial charge in [-0.2, -0.15) is 0 Å². The Balaban J connectivity index is 2.15. The minimum atomic E-state index is -1.16. The number of hydrogen-bond donors (Lipinski definition) is 2. The second kappa shape index (κ2) is 6.41. The number of carboxylic acids is 1. The number of nitrogens with one attached hydrogen (secondary N) is 1. The highest BCUT2D eigenvalue weighted by Crippen LogP contribution is 2.16. The number of benzene rings is 1.